The fourth-order valence-electron chi connectivity index (χ4n) is 2.38. The summed E-state index contributed by atoms with van der Waals surface area (Å²) in [4.78, 5) is 14.1. The van der Waals surface area contributed by atoms with Crippen LogP contribution in [0.15, 0.2) is 0 Å². The molecule has 2 fully saturated rings. The molecule has 1 N–H and O–H groups in total. The normalized spacial score (nSPS) is 31.9. The van der Waals surface area contributed by atoms with Gasteiger partial charge in [-0.3, -0.25) is 4.79 Å². The lowest BCUT2D eigenvalue weighted by Gasteiger charge is -2.27. The minimum Gasteiger partial charge on any atom is -0.340 e. The number of nitrogens with one attached hydrogen (secondary N) is 1. The van der Waals surface area contributed by atoms with Gasteiger partial charge in [-0.05, 0) is 19.8 Å². The van der Waals surface area contributed by atoms with Crippen molar-refractivity contribution in [3.8, 4) is 0 Å². The van der Waals surface area contributed by atoms with Crippen molar-refractivity contribution in [1.29, 1.82) is 0 Å². The zero-order chi connectivity index (χ0) is 10.7. The largest absolute Gasteiger partial charge is 0.340 e. The van der Waals surface area contributed by atoms with Crippen LogP contribution in [-0.2, 0) is 4.79 Å². The van der Waals surface area contributed by atoms with Crippen molar-refractivity contribution in [1.82, 2.24) is 10.2 Å². The van der Waals surface area contributed by atoms with Crippen LogP contribution in [0.25, 0.3) is 0 Å². The molecule has 0 aliphatic carbocycles. The van der Waals surface area contributed by atoms with E-state index in [-0.39, 0.29) is 0 Å². The van der Waals surface area contributed by atoms with Gasteiger partial charge < -0.3 is 10.2 Å². The van der Waals surface area contributed by atoms with E-state index in [0.717, 1.165) is 18.8 Å². The summed E-state index contributed by atoms with van der Waals surface area (Å²) in [5, 5.41) is 3.42. The van der Waals surface area contributed by atoms with E-state index < -0.39 is 0 Å². The SMILES string of the molecule is CC1CCCN1C(=O)CC1CSCCN1. The molecule has 0 spiro atoms. The molecule has 2 heterocycles. The van der Waals surface area contributed by atoms with Crippen LogP contribution < -0.4 is 5.32 Å². The average molecular weight is 228 g/mol. The molecular weight excluding hydrogens is 208 g/mol. The first-order valence-corrected chi connectivity index (χ1v) is 7.03. The predicted octanol–water partition coefficient (Wildman–Crippen LogP) is 1.09. The maximum absolute atomic E-state index is 12.0. The first kappa shape index (κ1) is 11.3. The van der Waals surface area contributed by atoms with E-state index in [2.05, 4.69) is 17.1 Å². The van der Waals surface area contributed by atoms with Crippen LogP contribution in [0, 0.1) is 0 Å². The van der Waals surface area contributed by atoms with E-state index in [1.807, 2.05) is 11.8 Å². The quantitative estimate of drug-likeness (QED) is 0.768. The van der Waals surface area contributed by atoms with Crippen LogP contribution in [0.5, 0.6) is 0 Å². The smallest absolute Gasteiger partial charge is 0.224 e. The zero-order valence-corrected chi connectivity index (χ0v) is 10.2. The first-order chi connectivity index (χ1) is 7.27. The third-order valence-electron chi connectivity index (χ3n) is 3.29. The van der Waals surface area contributed by atoms with Crippen LogP contribution in [0.1, 0.15) is 26.2 Å². The van der Waals surface area contributed by atoms with Crippen molar-refractivity contribution in [2.75, 3.05) is 24.6 Å². The summed E-state index contributed by atoms with van der Waals surface area (Å²) in [6, 6.07) is 0.873. The van der Waals surface area contributed by atoms with Gasteiger partial charge in [0.1, 0.15) is 0 Å². The summed E-state index contributed by atoms with van der Waals surface area (Å²) in [6.07, 6.45) is 3.05. The molecule has 0 saturated carbocycles. The lowest BCUT2D eigenvalue weighted by Crippen LogP contribution is -2.43. The molecule has 0 aromatic heterocycles. The number of carbonyl (C=O) groups is 1. The second kappa shape index (κ2) is 5.21. The minimum absolute atomic E-state index is 0.347. The molecule has 0 bridgehead atoms. The lowest BCUT2D eigenvalue weighted by molar-refractivity contribution is -0.132. The van der Waals surface area contributed by atoms with Crippen molar-refractivity contribution < 1.29 is 4.79 Å². The maximum Gasteiger partial charge on any atom is 0.224 e. The van der Waals surface area contributed by atoms with Crippen molar-refractivity contribution in [2.24, 2.45) is 0 Å². The fraction of sp³-hybridized carbons (Fsp3) is 0.909. The second-order valence-electron chi connectivity index (χ2n) is 4.51. The van der Waals surface area contributed by atoms with Crippen LogP contribution >= 0.6 is 11.8 Å². The average Bonchev–Trinajstić information content (AvgIpc) is 2.66. The Hall–Kier alpha value is -0.220. The molecule has 4 heteroatoms. The minimum atomic E-state index is 0.347. The van der Waals surface area contributed by atoms with E-state index in [4.69, 9.17) is 0 Å². The summed E-state index contributed by atoms with van der Waals surface area (Å²) in [7, 11) is 0. The molecule has 1 amide bonds. The second-order valence-corrected chi connectivity index (χ2v) is 5.66. The molecule has 3 nitrogen and oxygen atoms in total. The van der Waals surface area contributed by atoms with Crippen LogP contribution in [0.4, 0.5) is 0 Å². The highest BCUT2D eigenvalue weighted by molar-refractivity contribution is 7.99. The van der Waals surface area contributed by atoms with Crippen molar-refractivity contribution in [2.45, 2.75) is 38.3 Å². The number of amides is 1. The first-order valence-electron chi connectivity index (χ1n) is 5.88. The van der Waals surface area contributed by atoms with Crippen molar-refractivity contribution >= 4 is 17.7 Å². The molecule has 0 aromatic carbocycles. The Labute approximate surface area is 96.0 Å². The standard InChI is InChI=1S/C11H20N2OS/c1-9-3-2-5-13(9)11(14)7-10-8-15-6-4-12-10/h9-10,12H,2-8H2,1H3. The number of hydrogen-bond acceptors (Lipinski definition) is 3. The number of carbonyl (C=O) groups excluding carboxylic acids is 1. The fourth-order valence-corrected chi connectivity index (χ4v) is 3.33. The van der Waals surface area contributed by atoms with Gasteiger partial charge >= 0.3 is 0 Å². The van der Waals surface area contributed by atoms with Gasteiger partial charge in [0.15, 0.2) is 0 Å². The molecule has 15 heavy (non-hydrogen) atoms. The Morgan fingerprint density at radius 2 is 2.47 bits per heavy atom. The van der Waals surface area contributed by atoms with Crippen molar-refractivity contribution in [3.05, 3.63) is 0 Å². The molecule has 2 atom stereocenters. The highest BCUT2D eigenvalue weighted by atomic mass is 32.2. The van der Waals surface area contributed by atoms with Crippen LogP contribution in [0.2, 0.25) is 0 Å². The Bertz CT molecular complexity index is 229. The third-order valence-corrected chi connectivity index (χ3v) is 4.42. The van der Waals surface area contributed by atoms with Gasteiger partial charge in [0.05, 0.1) is 0 Å². The topological polar surface area (TPSA) is 32.3 Å². The molecule has 86 valence electrons. The molecular formula is C11H20N2OS. The van der Waals surface area contributed by atoms with E-state index in [9.17, 15) is 4.79 Å². The monoisotopic (exact) mass is 228 g/mol. The summed E-state index contributed by atoms with van der Waals surface area (Å²) in [5.41, 5.74) is 0. The molecule has 0 aromatic rings. The molecule has 2 rings (SSSR count). The van der Waals surface area contributed by atoms with Gasteiger partial charge in [-0.25, -0.2) is 0 Å². The number of rotatable bonds is 2. The lowest BCUT2D eigenvalue weighted by atomic mass is 10.2. The molecule has 2 saturated heterocycles. The number of thioether (sulfide) groups is 1. The van der Waals surface area contributed by atoms with Crippen molar-refractivity contribution in [3.63, 3.8) is 0 Å². The van der Waals surface area contributed by atoms with Crippen LogP contribution in [0.3, 0.4) is 0 Å². The Kier molecular flexibility index (Phi) is 3.92. The number of likely N-dealkylation sites (tertiary alicyclic amines) is 1. The Morgan fingerprint density at radius 1 is 1.60 bits per heavy atom. The van der Waals surface area contributed by atoms with E-state index in [1.165, 1.54) is 18.6 Å². The van der Waals surface area contributed by atoms with Gasteiger partial charge in [0.25, 0.3) is 0 Å². The Balaban J connectivity index is 1.80. The van der Waals surface area contributed by atoms with Gasteiger partial charge in [-0.15, -0.1) is 0 Å². The summed E-state index contributed by atoms with van der Waals surface area (Å²) >= 11 is 1.96. The van der Waals surface area contributed by atoms with E-state index in [0.29, 0.717) is 24.4 Å². The summed E-state index contributed by atoms with van der Waals surface area (Å²) in [5.74, 6) is 2.62. The number of nitrogens with zero attached hydrogens (tertiary/aromatic N) is 1. The van der Waals surface area contributed by atoms with E-state index >= 15 is 0 Å². The summed E-state index contributed by atoms with van der Waals surface area (Å²) < 4.78 is 0. The van der Waals surface area contributed by atoms with Crippen LogP contribution in [-0.4, -0.2) is 47.5 Å². The predicted molar refractivity (Wildman–Crippen MR) is 64.1 cm³/mol. The Morgan fingerprint density at radius 3 is 3.07 bits per heavy atom. The number of hydrogen-bond donors (Lipinski definition) is 1. The molecule has 0 radical (unpaired) electrons. The summed E-state index contributed by atoms with van der Waals surface area (Å²) in [6.45, 7) is 4.19. The third kappa shape index (κ3) is 2.88. The van der Waals surface area contributed by atoms with Gasteiger partial charge in [0.2, 0.25) is 5.91 Å². The van der Waals surface area contributed by atoms with Gasteiger partial charge in [-0.1, -0.05) is 0 Å². The highest BCUT2D eigenvalue weighted by Gasteiger charge is 2.27. The maximum atomic E-state index is 12.0. The van der Waals surface area contributed by atoms with Gasteiger partial charge in [-0.2, -0.15) is 11.8 Å². The molecule has 2 unspecified atom stereocenters. The highest BCUT2D eigenvalue weighted by Crippen LogP contribution is 2.19. The molecule has 2 aliphatic rings. The molecule has 2 aliphatic heterocycles. The van der Waals surface area contributed by atoms with Gasteiger partial charge in [0, 0.05) is 43.1 Å². The zero-order valence-electron chi connectivity index (χ0n) is 9.37. The van der Waals surface area contributed by atoms with E-state index in [1.54, 1.807) is 0 Å².